The minimum Gasteiger partial charge on any atom is -0.493 e. The average molecular weight is 445 g/mol. The molecule has 0 atom stereocenters. The van der Waals surface area contributed by atoms with E-state index < -0.39 is 5.91 Å². The van der Waals surface area contributed by atoms with Crippen molar-refractivity contribution in [1.29, 1.82) is 0 Å². The highest BCUT2D eigenvalue weighted by Gasteiger charge is 2.19. The van der Waals surface area contributed by atoms with Crippen LogP contribution in [0.15, 0.2) is 41.8 Å². The number of carbonyl (C=O) groups excluding carboxylic acids is 1. The van der Waals surface area contributed by atoms with Crippen LogP contribution in [0.3, 0.4) is 0 Å². The van der Waals surface area contributed by atoms with Gasteiger partial charge in [0.25, 0.3) is 11.9 Å². The van der Waals surface area contributed by atoms with Crippen molar-refractivity contribution in [1.82, 2.24) is 14.6 Å². The molecule has 0 aliphatic carbocycles. The van der Waals surface area contributed by atoms with Crippen molar-refractivity contribution in [3.05, 3.63) is 52.4 Å². The van der Waals surface area contributed by atoms with Crippen LogP contribution in [0.25, 0.3) is 16.2 Å². The Hall–Kier alpha value is -3.30. The van der Waals surface area contributed by atoms with Gasteiger partial charge in [0.1, 0.15) is 0 Å². The first kappa shape index (κ1) is 20.0. The molecule has 0 fully saturated rings. The number of hydrogen-bond acceptors (Lipinski definition) is 7. The first-order chi connectivity index (χ1) is 14.5. The fourth-order valence-corrected chi connectivity index (χ4v) is 3.90. The predicted molar refractivity (Wildman–Crippen MR) is 115 cm³/mol. The second kappa shape index (κ2) is 8.21. The second-order valence-electron chi connectivity index (χ2n) is 6.13. The molecule has 0 bridgehead atoms. The van der Waals surface area contributed by atoms with Crippen molar-refractivity contribution in [3.8, 4) is 28.5 Å². The van der Waals surface area contributed by atoms with E-state index in [2.05, 4.69) is 15.4 Å². The fourth-order valence-electron chi connectivity index (χ4n) is 2.94. The molecule has 2 heterocycles. The third-order valence-corrected chi connectivity index (χ3v) is 5.44. The van der Waals surface area contributed by atoms with E-state index in [1.54, 1.807) is 16.6 Å². The molecule has 10 heteroatoms. The smallest absolute Gasteiger partial charge is 0.258 e. The Balaban J connectivity index is 1.63. The topological polar surface area (TPSA) is 87.0 Å². The number of nitrogens with zero attached hydrogens (tertiary/aromatic N) is 3. The van der Waals surface area contributed by atoms with E-state index in [-0.39, 0.29) is 5.95 Å². The summed E-state index contributed by atoms with van der Waals surface area (Å²) in [4.78, 5) is 17.8. The molecule has 0 saturated carbocycles. The molecule has 8 nitrogen and oxygen atoms in total. The summed E-state index contributed by atoms with van der Waals surface area (Å²) in [6, 6.07) is 10.6. The second-order valence-corrected chi connectivity index (χ2v) is 7.40. The standard InChI is InChI=1S/C20H17ClN4O4S/c1-27-15-8-12(9-16(28-2)17(15)29-3)18(26)22-19-23-20-25(24-19)14(10-30-20)11-4-6-13(21)7-5-11/h4-10H,1-3H3,(H,22,24,26). The van der Waals surface area contributed by atoms with E-state index in [9.17, 15) is 4.79 Å². The molecule has 1 amide bonds. The zero-order chi connectivity index (χ0) is 21.3. The van der Waals surface area contributed by atoms with Crippen molar-refractivity contribution in [3.63, 3.8) is 0 Å². The lowest BCUT2D eigenvalue weighted by atomic mass is 10.1. The van der Waals surface area contributed by atoms with Crippen molar-refractivity contribution >= 4 is 39.8 Å². The predicted octanol–water partition coefficient (Wildman–Crippen LogP) is 4.39. The summed E-state index contributed by atoms with van der Waals surface area (Å²) in [5, 5.41) is 9.74. The molecule has 4 rings (SSSR count). The molecule has 0 saturated heterocycles. The molecular weight excluding hydrogens is 428 g/mol. The zero-order valence-electron chi connectivity index (χ0n) is 16.3. The molecule has 0 aliphatic heterocycles. The molecule has 0 unspecified atom stereocenters. The number of hydrogen-bond donors (Lipinski definition) is 1. The van der Waals surface area contributed by atoms with Gasteiger partial charge in [-0.2, -0.15) is 4.98 Å². The van der Waals surface area contributed by atoms with Crippen LogP contribution < -0.4 is 19.5 Å². The van der Waals surface area contributed by atoms with E-state index in [0.717, 1.165) is 11.3 Å². The Morgan fingerprint density at radius 1 is 1.07 bits per heavy atom. The number of fused-ring (bicyclic) bond motifs is 1. The van der Waals surface area contributed by atoms with E-state index in [1.165, 1.54) is 32.7 Å². The van der Waals surface area contributed by atoms with Crippen molar-refractivity contribution in [2.75, 3.05) is 26.6 Å². The molecule has 30 heavy (non-hydrogen) atoms. The molecule has 2 aromatic carbocycles. The van der Waals surface area contributed by atoms with Gasteiger partial charge >= 0.3 is 0 Å². The van der Waals surface area contributed by atoms with Crippen LogP contribution in [0.1, 0.15) is 10.4 Å². The lowest BCUT2D eigenvalue weighted by molar-refractivity contribution is 0.102. The van der Waals surface area contributed by atoms with Crippen LogP contribution >= 0.6 is 22.9 Å². The van der Waals surface area contributed by atoms with Crippen molar-refractivity contribution in [2.45, 2.75) is 0 Å². The summed E-state index contributed by atoms with van der Waals surface area (Å²) in [6.07, 6.45) is 0. The molecule has 2 aromatic heterocycles. The molecule has 154 valence electrons. The maximum atomic E-state index is 12.8. The van der Waals surface area contributed by atoms with Crippen LogP contribution in [0.4, 0.5) is 5.95 Å². The molecule has 4 aromatic rings. The van der Waals surface area contributed by atoms with Gasteiger partial charge in [-0.05, 0) is 24.3 Å². The third kappa shape index (κ3) is 3.64. The van der Waals surface area contributed by atoms with Gasteiger partial charge in [0, 0.05) is 21.5 Å². The van der Waals surface area contributed by atoms with Gasteiger partial charge in [-0.3, -0.25) is 10.1 Å². The first-order valence-corrected chi connectivity index (χ1v) is 10.0. The van der Waals surface area contributed by atoms with E-state index in [0.29, 0.717) is 32.8 Å². The van der Waals surface area contributed by atoms with Gasteiger partial charge in [0.15, 0.2) is 11.5 Å². The largest absolute Gasteiger partial charge is 0.493 e. The Morgan fingerprint density at radius 2 is 1.73 bits per heavy atom. The summed E-state index contributed by atoms with van der Waals surface area (Å²) in [6.45, 7) is 0. The third-order valence-electron chi connectivity index (χ3n) is 4.37. The van der Waals surface area contributed by atoms with Gasteiger partial charge in [0.05, 0.1) is 27.0 Å². The van der Waals surface area contributed by atoms with Crippen molar-refractivity contribution in [2.24, 2.45) is 0 Å². The number of rotatable bonds is 6. The summed E-state index contributed by atoms with van der Waals surface area (Å²) < 4.78 is 17.6. The van der Waals surface area contributed by atoms with Crippen LogP contribution in [-0.4, -0.2) is 41.8 Å². The summed E-state index contributed by atoms with van der Waals surface area (Å²) >= 11 is 7.39. The van der Waals surface area contributed by atoms with Gasteiger partial charge in [0.2, 0.25) is 10.7 Å². The number of aromatic nitrogens is 3. The summed E-state index contributed by atoms with van der Waals surface area (Å²) in [5.74, 6) is 0.956. The van der Waals surface area contributed by atoms with Gasteiger partial charge in [-0.25, -0.2) is 4.52 Å². The van der Waals surface area contributed by atoms with Gasteiger partial charge in [-0.1, -0.05) is 23.7 Å². The Labute approximate surface area is 181 Å². The van der Waals surface area contributed by atoms with Gasteiger partial charge < -0.3 is 14.2 Å². The minimum atomic E-state index is -0.402. The van der Waals surface area contributed by atoms with Crippen LogP contribution in [-0.2, 0) is 0 Å². The molecule has 0 radical (unpaired) electrons. The lowest BCUT2D eigenvalue weighted by Gasteiger charge is -2.13. The van der Waals surface area contributed by atoms with E-state index in [4.69, 9.17) is 25.8 Å². The number of carbonyl (C=O) groups is 1. The lowest BCUT2D eigenvalue weighted by Crippen LogP contribution is -2.14. The first-order valence-electron chi connectivity index (χ1n) is 8.75. The number of thiazole rings is 1. The molecule has 1 N–H and O–H groups in total. The number of methoxy groups -OCH3 is 3. The minimum absolute atomic E-state index is 0.191. The maximum absolute atomic E-state index is 12.8. The summed E-state index contributed by atoms with van der Waals surface area (Å²) in [7, 11) is 4.48. The van der Waals surface area contributed by atoms with Crippen LogP contribution in [0, 0.1) is 0 Å². The average Bonchev–Trinajstić information content (AvgIpc) is 3.33. The fraction of sp³-hybridized carbons (Fsp3) is 0.150. The Morgan fingerprint density at radius 3 is 2.33 bits per heavy atom. The molecule has 0 spiro atoms. The van der Waals surface area contributed by atoms with E-state index in [1.807, 2.05) is 29.6 Å². The van der Waals surface area contributed by atoms with Crippen LogP contribution in [0.5, 0.6) is 17.2 Å². The van der Waals surface area contributed by atoms with E-state index >= 15 is 0 Å². The maximum Gasteiger partial charge on any atom is 0.258 e. The van der Waals surface area contributed by atoms with Gasteiger partial charge in [-0.15, -0.1) is 16.4 Å². The number of ether oxygens (including phenoxy) is 3. The Kier molecular flexibility index (Phi) is 5.47. The monoisotopic (exact) mass is 444 g/mol. The quantitative estimate of drug-likeness (QED) is 0.474. The normalized spacial score (nSPS) is 10.8. The summed E-state index contributed by atoms with van der Waals surface area (Å²) in [5.41, 5.74) is 2.12. The number of anilines is 1. The SMILES string of the molecule is COc1cc(C(=O)Nc2nc3scc(-c4ccc(Cl)cc4)n3n2)cc(OC)c1OC. The highest BCUT2D eigenvalue weighted by atomic mass is 35.5. The number of nitrogens with one attached hydrogen (secondary N) is 1. The highest BCUT2D eigenvalue weighted by molar-refractivity contribution is 7.15. The van der Waals surface area contributed by atoms with Crippen molar-refractivity contribution < 1.29 is 19.0 Å². The zero-order valence-corrected chi connectivity index (χ0v) is 17.9. The molecular formula is C20H17ClN4O4S. The Bertz CT molecular complexity index is 1190. The molecule has 0 aliphatic rings. The number of halogens is 1. The number of benzene rings is 2. The van der Waals surface area contributed by atoms with Crippen LogP contribution in [0.2, 0.25) is 5.02 Å². The highest BCUT2D eigenvalue weighted by Crippen LogP contribution is 2.38. The number of amides is 1.